The van der Waals surface area contributed by atoms with Crippen molar-refractivity contribution in [2.24, 2.45) is 0 Å². The Kier molecular flexibility index (Phi) is 5.51. The van der Waals surface area contributed by atoms with Crippen LogP contribution >= 0.6 is 0 Å². The van der Waals surface area contributed by atoms with E-state index in [1.165, 1.54) is 13.0 Å². The van der Waals surface area contributed by atoms with Gasteiger partial charge in [0.15, 0.2) is 0 Å². The monoisotopic (exact) mass is 337 g/mol. The summed E-state index contributed by atoms with van der Waals surface area (Å²) < 4.78 is 31.9. The fraction of sp³-hybridized carbons (Fsp3) is 0.333. The first-order valence-corrected chi connectivity index (χ1v) is 8.63. The van der Waals surface area contributed by atoms with E-state index in [-0.39, 0.29) is 10.8 Å². The molecule has 0 aliphatic carbocycles. The zero-order chi connectivity index (χ0) is 16.9. The molecule has 2 rings (SSSR count). The van der Waals surface area contributed by atoms with E-state index in [4.69, 9.17) is 4.52 Å². The first-order chi connectivity index (χ1) is 10.9. The van der Waals surface area contributed by atoms with E-state index in [1.54, 1.807) is 31.5 Å². The van der Waals surface area contributed by atoms with Crippen molar-refractivity contribution >= 4 is 21.6 Å². The smallest absolute Gasteiger partial charge is 0.240 e. The third kappa shape index (κ3) is 4.90. The summed E-state index contributed by atoms with van der Waals surface area (Å²) >= 11 is 0. The molecule has 124 valence electrons. The maximum Gasteiger partial charge on any atom is 0.240 e. The molecule has 0 bridgehead atoms. The van der Waals surface area contributed by atoms with Crippen LogP contribution in [0.15, 0.2) is 40.1 Å². The summed E-state index contributed by atoms with van der Waals surface area (Å²) in [4.78, 5) is 11.2. The Bertz CT molecular complexity index is 770. The van der Waals surface area contributed by atoms with Crippen LogP contribution in [0.2, 0.25) is 0 Å². The second-order valence-electron chi connectivity index (χ2n) is 5.20. The Balaban J connectivity index is 1.97. The summed E-state index contributed by atoms with van der Waals surface area (Å²) in [5, 5.41) is 6.22. The molecular weight excluding hydrogens is 318 g/mol. The van der Waals surface area contributed by atoms with Crippen LogP contribution in [0.25, 0.3) is 0 Å². The minimum Gasteiger partial charge on any atom is -0.364 e. The number of aromatic nitrogens is 1. The van der Waals surface area contributed by atoms with Crippen LogP contribution in [0.3, 0.4) is 0 Å². The second kappa shape index (κ2) is 7.38. The van der Waals surface area contributed by atoms with Gasteiger partial charge in [0, 0.05) is 24.7 Å². The molecule has 0 aliphatic heterocycles. The van der Waals surface area contributed by atoms with Crippen molar-refractivity contribution in [2.75, 3.05) is 11.9 Å². The molecule has 0 saturated heterocycles. The number of aryl methyl sites for hydroxylation is 2. The van der Waals surface area contributed by atoms with Crippen LogP contribution in [0.5, 0.6) is 0 Å². The Labute approximate surface area is 135 Å². The van der Waals surface area contributed by atoms with E-state index >= 15 is 0 Å². The lowest BCUT2D eigenvalue weighted by Crippen LogP contribution is -2.25. The Morgan fingerprint density at radius 3 is 2.74 bits per heavy atom. The molecule has 0 spiro atoms. The highest BCUT2D eigenvalue weighted by Gasteiger charge is 2.16. The van der Waals surface area contributed by atoms with Crippen LogP contribution in [-0.4, -0.2) is 26.0 Å². The number of carbonyl (C=O) groups excluding carboxylic acids is 1. The van der Waals surface area contributed by atoms with Gasteiger partial charge in [0.25, 0.3) is 0 Å². The molecule has 1 aromatic heterocycles. The summed E-state index contributed by atoms with van der Waals surface area (Å²) in [6.07, 6.45) is 4.48. The molecule has 1 heterocycles. The first kappa shape index (κ1) is 17.2. The van der Waals surface area contributed by atoms with Gasteiger partial charge in [0.05, 0.1) is 11.1 Å². The quantitative estimate of drug-likeness (QED) is 0.751. The molecule has 2 aromatic rings. The molecule has 0 aliphatic rings. The molecule has 8 heteroatoms. The number of carbonyl (C=O) groups is 1. The maximum atomic E-state index is 12.3. The Morgan fingerprint density at radius 1 is 1.35 bits per heavy atom. The van der Waals surface area contributed by atoms with E-state index in [1.807, 2.05) is 0 Å². The van der Waals surface area contributed by atoms with Gasteiger partial charge >= 0.3 is 0 Å². The minimum atomic E-state index is -3.58. The third-order valence-electron chi connectivity index (χ3n) is 3.20. The number of rotatable bonds is 7. The SMILES string of the molecule is CC(=O)Nc1ccc(S(=O)(=O)NCCCc2cnoc2)c(C)c1. The van der Waals surface area contributed by atoms with Crippen LogP contribution in [0.1, 0.15) is 24.5 Å². The molecule has 23 heavy (non-hydrogen) atoms. The zero-order valence-corrected chi connectivity index (χ0v) is 13.8. The van der Waals surface area contributed by atoms with Gasteiger partial charge in [0.1, 0.15) is 6.26 Å². The van der Waals surface area contributed by atoms with Gasteiger partial charge < -0.3 is 9.84 Å². The highest BCUT2D eigenvalue weighted by Crippen LogP contribution is 2.19. The molecular formula is C15H19N3O4S. The van der Waals surface area contributed by atoms with E-state index in [0.717, 1.165) is 5.56 Å². The standard InChI is InChI=1S/C15H19N3O4S/c1-11-8-14(18-12(2)19)5-6-15(11)23(20,21)17-7-3-4-13-9-16-22-10-13/h5-6,8-10,17H,3-4,7H2,1-2H3,(H,18,19). The third-order valence-corrected chi connectivity index (χ3v) is 4.82. The van der Waals surface area contributed by atoms with Crippen molar-refractivity contribution in [1.29, 1.82) is 0 Å². The van der Waals surface area contributed by atoms with Gasteiger partial charge in [-0.1, -0.05) is 5.16 Å². The Hall–Kier alpha value is -2.19. The number of anilines is 1. The van der Waals surface area contributed by atoms with Crippen molar-refractivity contribution in [3.63, 3.8) is 0 Å². The average molecular weight is 337 g/mol. The van der Waals surface area contributed by atoms with Crippen molar-refractivity contribution in [2.45, 2.75) is 31.6 Å². The highest BCUT2D eigenvalue weighted by atomic mass is 32.2. The number of benzene rings is 1. The van der Waals surface area contributed by atoms with E-state index < -0.39 is 10.0 Å². The lowest BCUT2D eigenvalue weighted by atomic mass is 10.2. The normalized spacial score (nSPS) is 11.4. The minimum absolute atomic E-state index is 0.202. The van der Waals surface area contributed by atoms with Gasteiger partial charge in [-0.3, -0.25) is 4.79 Å². The van der Waals surface area contributed by atoms with Gasteiger partial charge in [-0.15, -0.1) is 0 Å². The molecule has 0 unspecified atom stereocenters. The lowest BCUT2D eigenvalue weighted by molar-refractivity contribution is -0.114. The molecule has 0 saturated carbocycles. The number of nitrogens with zero attached hydrogens (tertiary/aromatic N) is 1. The predicted octanol–water partition coefficient (Wildman–Crippen LogP) is 1.85. The summed E-state index contributed by atoms with van der Waals surface area (Å²) in [6.45, 7) is 3.41. The zero-order valence-electron chi connectivity index (χ0n) is 13.0. The van der Waals surface area contributed by atoms with Gasteiger partial charge in [-0.05, 0) is 43.5 Å². The molecule has 0 fully saturated rings. The van der Waals surface area contributed by atoms with Gasteiger partial charge in [0.2, 0.25) is 15.9 Å². The van der Waals surface area contributed by atoms with E-state index in [2.05, 4.69) is 15.2 Å². The highest BCUT2D eigenvalue weighted by molar-refractivity contribution is 7.89. The number of hydrogen-bond donors (Lipinski definition) is 2. The summed E-state index contributed by atoms with van der Waals surface area (Å²) in [7, 11) is -3.58. The van der Waals surface area contributed by atoms with Gasteiger partial charge in [-0.2, -0.15) is 0 Å². The molecule has 2 N–H and O–H groups in total. The number of hydrogen-bond acceptors (Lipinski definition) is 5. The number of sulfonamides is 1. The van der Waals surface area contributed by atoms with Crippen LogP contribution < -0.4 is 10.0 Å². The molecule has 0 radical (unpaired) electrons. The lowest BCUT2D eigenvalue weighted by Gasteiger charge is -2.11. The molecule has 7 nitrogen and oxygen atoms in total. The average Bonchev–Trinajstić information content (AvgIpc) is 2.96. The van der Waals surface area contributed by atoms with Crippen molar-refractivity contribution in [1.82, 2.24) is 9.88 Å². The summed E-state index contributed by atoms with van der Waals surface area (Å²) in [5.41, 5.74) is 2.07. The Morgan fingerprint density at radius 2 is 2.13 bits per heavy atom. The van der Waals surface area contributed by atoms with Crippen molar-refractivity contribution < 1.29 is 17.7 Å². The van der Waals surface area contributed by atoms with Crippen LogP contribution in [0, 0.1) is 6.92 Å². The van der Waals surface area contributed by atoms with Gasteiger partial charge in [-0.25, -0.2) is 13.1 Å². The second-order valence-corrected chi connectivity index (χ2v) is 6.93. The number of amides is 1. The fourth-order valence-electron chi connectivity index (χ4n) is 2.16. The van der Waals surface area contributed by atoms with Crippen LogP contribution in [0.4, 0.5) is 5.69 Å². The fourth-order valence-corrected chi connectivity index (χ4v) is 3.46. The predicted molar refractivity (Wildman–Crippen MR) is 85.5 cm³/mol. The summed E-state index contributed by atoms with van der Waals surface area (Å²) in [6, 6.07) is 4.69. The van der Waals surface area contributed by atoms with E-state index in [0.29, 0.717) is 30.6 Å². The molecule has 1 amide bonds. The maximum absolute atomic E-state index is 12.3. The van der Waals surface area contributed by atoms with E-state index in [9.17, 15) is 13.2 Å². The van der Waals surface area contributed by atoms with Crippen LogP contribution in [-0.2, 0) is 21.2 Å². The largest absolute Gasteiger partial charge is 0.364 e. The molecule has 1 aromatic carbocycles. The first-order valence-electron chi connectivity index (χ1n) is 7.14. The summed E-state index contributed by atoms with van der Waals surface area (Å²) in [5.74, 6) is -0.202. The topological polar surface area (TPSA) is 101 Å². The van der Waals surface area contributed by atoms with Crippen molar-refractivity contribution in [3.05, 3.63) is 41.8 Å². The number of nitrogens with one attached hydrogen (secondary N) is 2. The molecule has 0 atom stereocenters. The van der Waals surface area contributed by atoms with Crippen molar-refractivity contribution in [3.8, 4) is 0 Å².